The lowest BCUT2D eigenvalue weighted by atomic mass is 10.0. The highest BCUT2D eigenvalue weighted by Gasteiger charge is 2.46. The van der Waals surface area contributed by atoms with Crippen molar-refractivity contribution in [2.75, 3.05) is 0 Å². The van der Waals surface area contributed by atoms with Crippen molar-refractivity contribution in [2.45, 2.75) is 55.5 Å². The fraction of sp³-hybridized carbons (Fsp3) is 0.533. The molecule has 104 valence electrons. The van der Waals surface area contributed by atoms with Crippen molar-refractivity contribution in [3.05, 3.63) is 29.8 Å². The Labute approximate surface area is 118 Å². The van der Waals surface area contributed by atoms with E-state index in [1.54, 1.807) is 30.0 Å². The van der Waals surface area contributed by atoms with Gasteiger partial charge in [-0.05, 0) is 52.3 Å². The number of thioether (sulfide) groups is 1. The largest absolute Gasteiger partial charge is 0.478 e. The molecule has 4 heteroatoms. The van der Waals surface area contributed by atoms with Crippen LogP contribution in [0.5, 0.6) is 0 Å². The smallest absolute Gasteiger partial charge is 0.335 e. The lowest BCUT2D eigenvalue weighted by molar-refractivity contribution is -0.0631. The maximum absolute atomic E-state index is 11.0. The number of hydrogen-bond acceptors (Lipinski definition) is 3. The first-order valence-electron chi connectivity index (χ1n) is 6.40. The maximum Gasteiger partial charge on any atom is 0.335 e. The van der Waals surface area contributed by atoms with Crippen molar-refractivity contribution in [3.63, 3.8) is 0 Å². The van der Waals surface area contributed by atoms with E-state index < -0.39 is 5.97 Å². The van der Waals surface area contributed by atoms with Gasteiger partial charge in [-0.15, -0.1) is 11.8 Å². The van der Waals surface area contributed by atoms with Crippen LogP contribution in [0.3, 0.4) is 0 Å². The summed E-state index contributed by atoms with van der Waals surface area (Å²) < 4.78 is 6.06. The molecule has 1 aliphatic rings. The molecule has 1 aliphatic heterocycles. The molecule has 0 saturated carbocycles. The number of carbonyl (C=O) groups is 1. The molecule has 1 unspecified atom stereocenters. The van der Waals surface area contributed by atoms with Gasteiger partial charge in [0.2, 0.25) is 0 Å². The van der Waals surface area contributed by atoms with Gasteiger partial charge >= 0.3 is 5.97 Å². The number of carboxylic acid groups (broad SMARTS) is 1. The molecule has 2 rings (SSSR count). The number of hydrogen-bond donors (Lipinski definition) is 1. The van der Waals surface area contributed by atoms with Crippen LogP contribution in [0.4, 0.5) is 0 Å². The van der Waals surface area contributed by atoms with Crippen molar-refractivity contribution in [3.8, 4) is 0 Å². The van der Waals surface area contributed by atoms with E-state index in [4.69, 9.17) is 9.84 Å². The van der Waals surface area contributed by atoms with Crippen LogP contribution < -0.4 is 0 Å². The predicted molar refractivity (Wildman–Crippen MR) is 76.9 cm³/mol. The highest BCUT2D eigenvalue weighted by Crippen LogP contribution is 2.46. The van der Waals surface area contributed by atoms with Gasteiger partial charge in [0.25, 0.3) is 0 Å². The summed E-state index contributed by atoms with van der Waals surface area (Å²) in [4.78, 5) is 12.0. The minimum Gasteiger partial charge on any atom is -0.478 e. The molecule has 19 heavy (non-hydrogen) atoms. The van der Waals surface area contributed by atoms with Crippen molar-refractivity contribution >= 4 is 17.7 Å². The van der Waals surface area contributed by atoms with E-state index in [0.717, 1.165) is 11.3 Å². The lowest BCUT2D eigenvalue weighted by Crippen LogP contribution is -2.30. The first-order chi connectivity index (χ1) is 8.70. The third-order valence-corrected chi connectivity index (χ3v) is 4.90. The van der Waals surface area contributed by atoms with E-state index in [-0.39, 0.29) is 11.2 Å². The highest BCUT2D eigenvalue weighted by atomic mass is 32.2. The molecular weight excluding hydrogens is 260 g/mol. The first kappa shape index (κ1) is 14.4. The quantitative estimate of drug-likeness (QED) is 0.914. The van der Waals surface area contributed by atoms with Gasteiger partial charge in [-0.3, -0.25) is 0 Å². The van der Waals surface area contributed by atoms with Gasteiger partial charge in [0.15, 0.2) is 0 Å². The average molecular weight is 280 g/mol. The molecule has 3 nitrogen and oxygen atoms in total. The van der Waals surface area contributed by atoms with Crippen LogP contribution in [0.1, 0.15) is 44.5 Å². The molecule has 0 amide bonds. The Bertz CT molecular complexity index is 494. The molecule has 0 aromatic heterocycles. The van der Waals surface area contributed by atoms with Crippen molar-refractivity contribution in [1.82, 2.24) is 0 Å². The highest BCUT2D eigenvalue weighted by molar-refractivity contribution is 8.00. The van der Waals surface area contributed by atoms with E-state index in [9.17, 15) is 4.79 Å². The number of benzene rings is 1. The molecule has 1 fully saturated rings. The lowest BCUT2D eigenvalue weighted by Gasteiger charge is -2.27. The zero-order valence-electron chi connectivity index (χ0n) is 11.8. The van der Waals surface area contributed by atoms with Crippen LogP contribution in [0.15, 0.2) is 29.2 Å². The Morgan fingerprint density at radius 3 is 2.58 bits per heavy atom. The normalized spacial score (nSPS) is 24.3. The van der Waals surface area contributed by atoms with Gasteiger partial charge in [0, 0.05) is 10.1 Å². The van der Waals surface area contributed by atoms with Crippen LogP contribution in [-0.4, -0.2) is 27.5 Å². The van der Waals surface area contributed by atoms with E-state index >= 15 is 0 Å². The molecular formula is C15H20O3S. The van der Waals surface area contributed by atoms with E-state index in [2.05, 4.69) is 27.7 Å². The number of aromatic carboxylic acids is 1. The second-order valence-corrected chi connectivity index (χ2v) is 7.38. The van der Waals surface area contributed by atoms with Crippen molar-refractivity contribution in [2.24, 2.45) is 0 Å². The molecule has 1 heterocycles. The summed E-state index contributed by atoms with van der Waals surface area (Å²) in [5.41, 5.74) is 0.0138. The van der Waals surface area contributed by atoms with E-state index in [1.807, 2.05) is 6.07 Å². The maximum atomic E-state index is 11.0. The Morgan fingerprint density at radius 1 is 1.37 bits per heavy atom. The Hall–Kier alpha value is -1.00. The van der Waals surface area contributed by atoms with Crippen LogP contribution >= 0.6 is 11.8 Å². The predicted octanol–water partition coefficient (Wildman–Crippen LogP) is 3.82. The minimum atomic E-state index is -0.885. The average Bonchev–Trinajstić information content (AvgIpc) is 2.47. The van der Waals surface area contributed by atoms with Gasteiger partial charge in [-0.2, -0.15) is 0 Å². The monoisotopic (exact) mass is 280 g/mol. The molecule has 1 saturated heterocycles. The molecule has 0 aliphatic carbocycles. The molecule has 1 aromatic carbocycles. The Morgan fingerprint density at radius 2 is 2.05 bits per heavy atom. The Kier molecular flexibility index (Phi) is 3.67. The van der Waals surface area contributed by atoms with Gasteiger partial charge < -0.3 is 9.84 Å². The second-order valence-electron chi connectivity index (χ2n) is 6.11. The molecule has 1 atom stereocenters. The molecule has 0 radical (unpaired) electrons. The fourth-order valence-electron chi connectivity index (χ4n) is 2.56. The number of carboxylic acids is 1. The van der Waals surface area contributed by atoms with E-state index in [1.165, 1.54) is 0 Å². The number of ether oxygens (including phenoxy) is 1. The van der Waals surface area contributed by atoms with Crippen LogP contribution in [0.25, 0.3) is 0 Å². The first-order valence-corrected chi connectivity index (χ1v) is 7.28. The summed E-state index contributed by atoms with van der Waals surface area (Å²) in [6, 6.07) is 7.10. The van der Waals surface area contributed by atoms with Gasteiger partial charge in [0.1, 0.15) is 0 Å². The third kappa shape index (κ3) is 3.31. The van der Waals surface area contributed by atoms with Crippen molar-refractivity contribution in [1.29, 1.82) is 0 Å². The van der Waals surface area contributed by atoms with E-state index in [0.29, 0.717) is 10.8 Å². The van der Waals surface area contributed by atoms with Crippen LogP contribution in [0.2, 0.25) is 0 Å². The van der Waals surface area contributed by atoms with Gasteiger partial charge in [-0.25, -0.2) is 4.79 Å². The molecule has 1 aromatic rings. The summed E-state index contributed by atoms with van der Waals surface area (Å²) in [5, 5.41) is 9.35. The molecule has 0 bridgehead atoms. The zero-order chi connectivity index (χ0) is 14.3. The van der Waals surface area contributed by atoms with Gasteiger partial charge in [-0.1, -0.05) is 6.07 Å². The molecule has 1 N–H and O–H groups in total. The summed E-state index contributed by atoms with van der Waals surface area (Å²) in [6.45, 7) is 8.40. The summed E-state index contributed by atoms with van der Waals surface area (Å²) in [5.74, 6) is -0.885. The minimum absolute atomic E-state index is 0.119. The SMILES string of the molecule is CC1(C)CC(Sc2cccc(C(=O)O)c2)C(C)(C)O1. The van der Waals surface area contributed by atoms with Gasteiger partial charge in [0.05, 0.1) is 16.8 Å². The van der Waals surface area contributed by atoms with Crippen LogP contribution in [-0.2, 0) is 4.74 Å². The second kappa shape index (κ2) is 4.84. The number of rotatable bonds is 3. The zero-order valence-corrected chi connectivity index (χ0v) is 12.6. The topological polar surface area (TPSA) is 46.5 Å². The third-order valence-electron chi connectivity index (χ3n) is 3.35. The summed E-state index contributed by atoms with van der Waals surface area (Å²) in [7, 11) is 0. The summed E-state index contributed by atoms with van der Waals surface area (Å²) in [6.07, 6.45) is 0.960. The standard InChI is InChI=1S/C15H20O3S/c1-14(2)9-12(15(3,4)18-14)19-11-7-5-6-10(8-11)13(16)17/h5-8,12H,9H2,1-4H3,(H,16,17). The fourth-order valence-corrected chi connectivity index (χ4v) is 4.06. The van der Waals surface area contributed by atoms with Crippen molar-refractivity contribution < 1.29 is 14.6 Å². The summed E-state index contributed by atoms with van der Waals surface area (Å²) >= 11 is 1.70. The molecule has 0 spiro atoms. The Balaban J connectivity index is 2.17. The van der Waals surface area contributed by atoms with Crippen LogP contribution in [0, 0.1) is 0 Å².